The Morgan fingerprint density at radius 3 is 2.70 bits per heavy atom. The smallest absolute Gasteiger partial charge is 0.0965 e. The van der Waals surface area contributed by atoms with E-state index in [1.165, 1.54) is 5.69 Å². The molecule has 0 spiro atoms. The van der Waals surface area contributed by atoms with Crippen molar-refractivity contribution in [3.63, 3.8) is 0 Å². The molecular formula is C14H24N6. The fraction of sp³-hybridized carbons (Fsp3) is 0.643. The van der Waals surface area contributed by atoms with Gasteiger partial charge in [0, 0.05) is 19.1 Å². The summed E-state index contributed by atoms with van der Waals surface area (Å²) in [5, 5.41) is 16.3. The number of hydrogen-bond donors (Lipinski definition) is 1. The maximum atomic E-state index is 4.55. The first-order valence-electron chi connectivity index (χ1n) is 7.30. The highest BCUT2D eigenvalue weighted by atomic mass is 15.4. The monoisotopic (exact) mass is 276 g/mol. The average Bonchev–Trinajstić information content (AvgIpc) is 3.03. The van der Waals surface area contributed by atoms with Crippen molar-refractivity contribution in [2.45, 2.75) is 59.8 Å². The first kappa shape index (κ1) is 14.7. The standard InChI is InChI=1S/C14H24N6/c1-5-12-7-14(20(6-2)17-12)10-19-9-13(16-18-19)8-15-11(3)4/h7,9,11,15H,5-6,8,10H2,1-4H3. The van der Waals surface area contributed by atoms with E-state index in [1.807, 2.05) is 15.6 Å². The van der Waals surface area contributed by atoms with E-state index in [9.17, 15) is 0 Å². The van der Waals surface area contributed by atoms with E-state index in [4.69, 9.17) is 0 Å². The molecule has 0 aromatic carbocycles. The van der Waals surface area contributed by atoms with Crippen LogP contribution >= 0.6 is 0 Å². The Balaban J connectivity index is 2.04. The molecule has 0 radical (unpaired) electrons. The Bertz CT molecular complexity index is 540. The minimum Gasteiger partial charge on any atom is -0.309 e. The molecule has 0 aliphatic carbocycles. The van der Waals surface area contributed by atoms with Gasteiger partial charge in [0.25, 0.3) is 0 Å². The molecule has 6 heteroatoms. The van der Waals surface area contributed by atoms with Crippen LogP contribution in [0, 0.1) is 0 Å². The summed E-state index contributed by atoms with van der Waals surface area (Å²) in [5.41, 5.74) is 3.28. The third kappa shape index (κ3) is 3.66. The number of aromatic nitrogens is 5. The fourth-order valence-electron chi connectivity index (χ4n) is 2.06. The van der Waals surface area contributed by atoms with Gasteiger partial charge in [-0.1, -0.05) is 26.0 Å². The molecule has 2 heterocycles. The highest BCUT2D eigenvalue weighted by molar-refractivity contribution is 5.11. The molecule has 0 aliphatic heterocycles. The maximum Gasteiger partial charge on any atom is 0.0965 e. The van der Waals surface area contributed by atoms with Crippen LogP contribution in [0.4, 0.5) is 0 Å². The third-order valence-electron chi connectivity index (χ3n) is 3.18. The summed E-state index contributed by atoms with van der Waals surface area (Å²) >= 11 is 0. The van der Waals surface area contributed by atoms with Crippen LogP contribution in [0.15, 0.2) is 12.3 Å². The normalized spacial score (nSPS) is 11.4. The van der Waals surface area contributed by atoms with Crippen molar-refractivity contribution in [3.8, 4) is 0 Å². The summed E-state index contributed by atoms with van der Waals surface area (Å²) in [5.74, 6) is 0. The Morgan fingerprint density at radius 1 is 1.25 bits per heavy atom. The van der Waals surface area contributed by atoms with Gasteiger partial charge >= 0.3 is 0 Å². The number of nitrogens with one attached hydrogen (secondary N) is 1. The van der Waals surface area contributed by atoms with Gasteiger partial charge in [0.15, 0.2) is 0 Å². The van der Waals surface area contributed by atoms with E-state index in [-0.39, 0.29) is 0 Å². The van der Waals surface area contributed by atoms with Crippen molar-refractivity contribution in [3.05, 3.63) is 29.3 Å². The molecule has 0 atom stereocenters. The lowest BCUT2D eigenvalue weighted by Gasteiger charge is -2.04. The predicted molar refractivity (Wildman–Crippen MR) is 78.4 cm³/mol. The zero-order valence-corrected chi connectivity index (χ0v) is 12.8. The van der Waals surface area contributed by atoms with Crippen LogP contribution < -0.4 is 5.32 Å². The fourth-order valence-corrected chi connectivity index (χ4v) is 2.06. The van der Waals surface area contributed by atoms with Crippen LogP contribution in [-0.2, 0) is 26.1 Å². The van der Waals surface area contributed by atoms with Gasteiger partial charge in [-0.3, -0.25) is 4.68 Å². The molecule has 6 nitrogen and oxygen atoms in total. The maximum absolute atomic E-state index is 4.55. The zero-order chi connectivity index (χ0) is 14.5. The van der Waals surface area contributed by atoms with Gasteiger partial charge < -0.3 is 5.32 Å². The highest BCUT2D eigenvalue weighted by Crippen LogP contribution is 2.07. The van der Waals surface area contributed by atoms with Crippen LogP contribution in [0.25, 0.3) is 0 Å². The summed E-state index contributed by atoms with van der Waals surface area (Å²) in [6, 6.07) is 2.60. The highest BCUT2D eigenvalue weighted by Gasteiger charge is 2.08. The van der Waals surface area contributed by atoms with Crippen LogP contribution in [-0.4, -0.2) is 30.8 Å². The van der Waals surface area contributed by atoms with Crippen molar-refractivity contribution in [1.82, 2.24) is 30.1 Å². The Labute approximate surface area is 120 Å². The summed E-state index contributed by atoms with van der Waals surface area (Å²) in [6.45, 7) is 10.8. The van der Waals surface area contributed by atoms with E-state index in [2.05, 4.69) is 54.5 Å². The molecule has 2 rings (SSSR count). The molecule has 0 saturated carbocycles. The van der Waals surface area contributed by atoms with Gasteiger partial charge in [-0.05, 0) is 19.4 Å². The zero-order valence-electron chi connectivity index (χ0n) is 12.8. The van der Waals surface area contributed by atoms with Crippen LogP contribution in [0.2, 0.25) is 0 Å². The average molecular weight is 276 g/mol. The lowest BCUT2D eigenvalue weighted by atomic mass is 10.3. The molecule has 20 heavy (non-hydrogen) atoms. The minimum atomic E-state index is 0.453. The molecule has 110 valence electrons. The van der Waals surface area contributed by atoms with Crippen molar-refractivity contribution >= 4 is 0 Å². The van der Waals surface area contributed by atoms with Gasteiger partial charge in [0.1, 0.15) is 0 Å². The van der Waals surface area contributed by atoms with Crippen molar-refractivity contribution in [2.75, 3.05) is 0 Å². The van der Waals surface area contributed by atoms with E-state index >= 15 is 0 Å². The molecule has 0 bridgehead atoms. The first-order valence-corrected chi connectivity index (χ1v) is 7.30. The molecular weight excluding hydrogens is 252 g/mol. The number of nitrogens with zero attached hydrogens (tertiary/aromatic N) is 5. The van der Waals surface area contributed by atoms with E-state index in [0.717, 1.165) is 37.4 Å². The lowest BCUT2D eigenvalue weighted by Crippen LogP contribution is -2.21. The quantitative estimate of drug-likeness (QED) is 0.834. The predicted octanol–water partition coefficient (Wildman–Crippen LogP) is 1.60. The summed E-state index contributed by atoms with van der Waals surface area (Å²) in [6.07, 6.45) is 2.95. The second kappa shape index (κ2) is 6.65. The Kier molecular flexibility index (Phi) is 4.89. The summed E-state index contributed by atoms with van der Waals surface area (Å²) in [4.78, 5) is 0. The Morgan fingerprint density at radius 2 is 2.05 bits per heavy atom. The van der Waals surface area contributed by atoms with Gasteiger partial charge in [-0.25, -0.2) is 4.68 Å². The molecule has 0 amide bonds. The molecule has 0 saturated heterocycles. The Hall–Kier alpha value is -1.69. The lowest BCUT2D eigenvalue weighted by molar-refractivity contribution is 0.563. The number of aryl methyl sites for hydroxylation is 2. The molecule has 0 fully saturated rings. The van der Waals surface area contributed by atoms with Crippen LogP contribution in [0.3, 0.4) is 0 Å². The SMILES string of the molecule is CCc1cc(Cn2cc(CNC(C)C)nn2)n(CC)n1. The molecule has 1 N–H and O–H groups in total. The molecule has 0 unspecified atom stereocenters. The van der Waals surface area contributed by atoms with E-state index < -0.39 is 0 Å². The van der Waals surface area contributed by atoms with E-state index in [0.29, 0.717) is 6.04 Å². The third-order valence-corrected chi connectivity index (χ3v) is 3.18. The molecule has 2 aromatic heterocycles. The van der Waals surface area contributed by atoms with Gasteiger partial charge in [-0.15, -0.1) is 5.10 Å². The first-order chi connectivity index (χ1) is 9.62. The topological polar surface area (TPSA) is 60.6 Å². The van der Waals surface area contributed by atoms with Crippen molar-refractivity contribution in [1.29, 1.82) is 0 Å². The van der Waals surface area contributed by atoms with E-state index in [1.54, 1.807) is 0 Å². The molecule has 2 aromatic rings. The largest absolute Gasteiger partial charge is 0.309 e. The molecule has 0 aliphatic rings. The van der Waals surface area contributed by atoms with Crippen LogP contribution in [0.5, 0.6) is 0 Å². The summed E-state index contributed by atoms with van der Waals surface area (Å²) in [7, 11) is 0. The minimum absolute atomic E-state index is 0.453. The number of rotatable bonds is 7. The summed E-state index contributed by atoms with van der Waals surface area (Å²) < 4.78 is 3.91. The second-order valence-electron chi connectivity index (χ2n) is 5.24. The van der Waals surface area contributed by atoms with Crippen molar-refractivity contribution < 1.29 is 0 Å². The number of hydrogen-bond acceptors (Lipinski definition) is 4. The van der Waals surface area contributed by atoms with Crippen molar-refractivity contribution in [2.24, 2.45) is 0 Å². The van der Waals surface area contributed by atoms with Crippen LogP contribution in [0.1, 0.15) is 44.8 Å². The van der Waals surface area contributed by atoms with Gasteiger partial charge in [0.05, 0.1) is 29.8 Å². The van der Waals surface area contributed by atoms with Gasteiger partial charge in [-0.2, -0.15) is 5.10 Å². The second-order valence-corrected chi connectivity index (χ2v) is 5.24. The van der Waals surface area contributed by atoms with Gasteiger partial charge in [0.2, 0.25) is 0 Å².